The molecule has 3 aliphatic rings. The molecule has 0 radical (unpaired) electrons. The van der Waals surface area contributed by atoms with E-state index in [1.165, 1.54) is 27.1 Å². The molecule has 0 saturated heterocycles. The van der Waals surface area contributed by atoms with Crippen LogP contribution in [0.15, 0.2) is 60.7 Å². The van der Waals surface area contributed by atoms with Crippen LogP contribution in [0.25, 0.3) is 44.5 Å². The minimum Gasteiger partial charge on any atom is -0.492 e. The number of carbonyl (C=O) groups is 4. The number of imidazole rings is 2. The second-order valence-corrected chi connectivity index (χ2v) is 16.7. The number of methoxy groups -OCH3 is 2. The zero-order valence-corrected chi connectivity index (χ0v) is 39.3. The van der Waals surface area contributed by atoms with Crippen LogP contribution < -0.4 is 26.0 Å². The van der Waals surface area contributed by atoms with E-state index in [9.17, 15) is 19.2 Å². The van der Waals surface area contributed by atoms with Gasteiger partial charge < -0.3 is 45.4 Å². The van der Waals surface area contributed by atoms with E-state index < -0.39 is 23.3 Å². The highest BCUT2D eigenvalue weighted by Gasteiger charge is 2.41. The second-order valence-electron chi connectivity index (χ2n) is 16.7. The Labute approximate surface area is 388 Å². The van der Waals surface area contributed by atoms with Gasteiger partial charge in [-0.1, -0.05) is 109 Å². The van der Waals surface area contributed by atoms with Gasteiger partial charge >= 0.3 is 12.2 Å². The fraction of sp³-hybridized carbons (Fsp3) is 0.451. The molecule has 15 nitrogen and oxygen atoms in total. The lowest BCUT2D eigenvalue weighted by molar-refractivity contribution is -0.123. The Kier molecular flexibility index (Phi) is 18.2. The first-order valence-corrected chi connectivity index (χ1v) is 23.1. The summed E-state index contributed by atoms with van der Waals surface area (Å²) in [5.41, 5.74) is 7.21. The van der Waals surface area contributed by atoms with Crippen LogP contribution in [-0.4, -0.2) is 77.9 Å². The third kappa shape index (κ3) is 12.1. The van der Waals surface area contributed by atoms with Crippen molar-refractivity contribution in [3.63, 3.8) is 0 Å². The van der Waals surface area contributed by atoms with Gasteiger partial charge in [0.25, 0.3) is 0 Å². The normalized spacial score (nSPS) is 15.1. The van der Waals surface area contributed by atoms with Gasteiger partial charge in [0.05, 0.1) is 48.6 Å². The van der Waals surface area contributed by atoms with Crippen molar-refractivity contribution in [2.45, 2.75) is 116 Å². The Hall–Kier alpha value is -6.82. The molecule has 2 aliphatic carbocycles. The summed E-state index contributed by atoms with van der Waals surface area (Å²) in [6.07, 6.45) is 17.8. The number of hydrogen-bond donors (Lipinski definition) is 6. The molecule has 0 bridgehead atoms. The molecule has 4 amide bonds. The van der Waals surface area contributed by atoms with Gasteiger partial charge in [-0.3, -0.25) is 9.59 Å². The first-order valence-electron chi connectivity index (χ1n) is 23.1. The van der Waals surface area contributed by atoms with E-state index in [-0.39, 0.29) is 24.9 Å². The average molecular weight is 903 g/mol. The molecule has 3 aromatic carbocycles. The lowest BCUT2D eigenvalue weighted by Crippen LogP contribution is -2.51. The summed E-state index contributed by atoms with van der Waals surface area (Å²) < 4.78 is 15.5. The van der Waals surface area contributed by atoms with Crippen LogP contribution in [0.4, 0.5) is 9.59 Å². The van der Waals surface area contributed by atoms with Gasteiger partial charge in [-0.25, -0.2) is 19.6 Å². The number of alkyl carbamates (subject to hydrolysis) is 2. The van der Waals surface area contributed by atoms with Crippen LogP contribution in [0.2, 0.25) is 0 Å². The molecule has 2 aromatic heterocycles. The van der Waals surface area contributed by atoms with Crippen molar-refractivity contribution < 1.29 is 33.4 Å². The monoisotopic (exact) mass is 903 g/mol. The summed E-state index contributed by atoms with van der Waals surface area (Å²) in [7, 11) is 2.53. The molecule has 1 aliphatic heterocycles. The van der Waals surface area contributed by atoms with Gasteiger partial charge in [-0.2, -0.15) is 0 Å². The van der Waals surface area contributed by atoms with E-state index in [0.29, 0.717) is 13.0 Å². The predicted octanol–water partition coefficient (Wildman–Crippen LogP) is 9.18. The SMILES string of the molecule is C#C.CCC.CCC.COC(=O)NCC(=O)NC1(c2nc3c([nH]2)CCOc2cc(-c4ccc(-c5ccc6nc(C7(NC(=O)CNC(=O)OC)CCCCC7)[nH]c6c5)cc4)ccc2-3)CCCC1. The maximum Gasteiger partial charge on any atom is 0.407 e. The largest absolute Gasteiger partial charge is 0.492 e. The fourth-order valence-corrected chi connectivity index (χ4v) is 8.64. The lowest BCUT2D eigenvalue weighted by atomic mass is 9.81. The molecule has 5 aromatic rings. The molecule has 2 saturated carbocycles. The minimum atomic E-state index is -0.656. The molecule has 66 heavy (non-hydrogen) atoms. The number of aromatic nitrogens is 4. The molecule has 2 fully saturated rings. The van der Waals surface area contributed by atoms with E-state index in [4.69, 9.17) is 14.7 Å². The number of carbonyl (C=O) groups excluding carboxylic acids is 4. The lowest BCUT2D eigenvalue weighted by Gasteiger charge is -2.36. The highest BCUT2D eigenvalue weighted by molar-refractivity contribution is 5.85. The number of aromatic amines is 2. The van der Waals surface area contributed by atoms with Crippen molar-refractivity contribution in [3.8, 4) is 52.1 Å². The molecule has 352 valence electrons. The number of fused-ring (bicyclic) bond motifs is 4. The Morgan fingerprint density at radius 3 is 1.65 bits per heavy atom. The maximum absolute atomic E-state index is 12.9. The molecule has 8 rings (SSSR count). The van der Waals surface area contributed by atoms with Gasteiger partial charge in [0.15, 0.2) is 0 Å². The maximum atomic E-state index is 12.9. The Balaban J connectivity index is 0.000000957. The second kappa shape index (κ2) is 23.9. The molecular weight excluding hydrogens is 837 g/mol. The first-order chi connectivity index (χ1) is 32.0. The summed E-state index contributed by atoms with van der Waals surface area (Å²) >= 11 is 0. The standard InChI is InChI=1S/C43H48N8O7.2C3H8.C2H2/c1-56-40(54)44-24-35(52)50-42(17-4-3-5-18-42)38-46-31-15-13-28(22-33(31)48-38)26-8-10-27(11-9-26)29-12-14-30-34(23-29)58-21-16-32-37(30)49-39(47-32)43(19-6-7-20-43)51-36(53)25-45-41(55)57-2;2*1-3-2;1-2/h8-15,22-23H,3-7,16-21,24-25H2,1-2H3,(H,44,54)(H,45,55)(H,46,48)(H,47,49)(H,50,52)(H,51,53);2*3H2,1-2H3;1-2H. The van der Waals surface area contributed by atoms with E-state index in [0.717, 1.165) is 125 Å². The zero-order valence-electron chi connectivity index (χ0n) is 39.3. The number of terminal acetylenes is 1. The number of nitrogens with one attached hydrogen (secondary N) is 6. The fourth-order valence-electron chi connectivity index (χ4n) is 8.64. The quantitative estimate of drug-likeness (QED) is 0.0739. The number of hydrogen-bond acceptors (Lipinski definition) is 9. The molecule has 15 heteroatoms. The number of amides is 4. The van der Waals surface area contributed by atoms with Gasteiger partial charge in [0, 0.05) is 17.7 Å². The number of rotatable bonds is 10. The van der Waals surface area contributed by atoms with Crippen molar-refractivity contribution in [2.24, 2.45) is 0 Å². The highest BCUT2D eigenvalue weighted by atomic mass is 16.5. The molecule has 0 atom stereocenters. The van der Waals surface area contributed by atoms with Crippen LogP contribution in [0, 0.1) is 12.8 Å². The van der Waals surface area contributed by atoms with Crippen LogP contribution in [0.1, 0.15) is 116 Å². The van der Waals surface area contributed by atoms with Crippen molar-refractivity contribution in [1.29, 1.82) is 0 Å². The van der Waals surface area contributed by atoms with E-state index >= 15 is 0 Å². The highest BCUT2D eigenvalue weighted by Crippen LogP contribution is 2.43. The topological polar surface area (TPSA) is 201 Å². The van der Waals surface area contributed by atoms with E-state index in [2.05, 4.69) is 136 Å². The summed E-state index contributed by atoms with van der Waals surface area (Å²) in [5, 5.41) is 11.2. The molecule has 0 spiro atoms. The van der Waals surface area contributed by atoms with Crippen LogP contribution >= 0.6 is 0 Å². The minimum absolute atomic E-state index is 0.178. The zero-order chi connectivity index (χ0) is 47.7. The summed E-state index contributed by atoms with van der Waals surface area (Å²) in [6.45, 7) is 8.62. The number of H-pyrrole nitrogens is 2. The smallest absolute Gasteiger partial charge is 0.407 e. The number of benzene rings is 3. The predicted molar refractivity (Wildman–Crippen MR) is 258 cm³/mol. The van der Waals surface area contributed by atoms with Gasteiger partial charge in [-0.15, -0.1) is 12.8 Å². The number of ether oxygens (including phenoxy) is 3. The molecule has 0 unspecified atom stereocenters. The van der Waals surface area contributed by atoms with E-state index in [1.54, 1.807) is 0 Å². The van der Waals surface area contributed by atoms with E-state index in [1.807, 2.05) is 6.07 Å². The third-order valence-corrected chi connectivity index (χ3v) is 11.6. The van der Waals surface area contributed by atoms with Crippen LogP contribution in [0.3, 0.4) is 0 Å². The number of nitrogens with zero attached hydrogens (tertiary/aromatic N) is 2. The first kappa shape index (κ1) is 50.2. The summed E-state index contributed by atoms with van der Waals surface area (Å²) in [5.74, 6) is 1.60. The van der Waals surface area contributed by atoms with Crippen LogP contribution in [0.5, 0.6) is 5.75 Å². The molecule has 3 heterocycles. The van der Waals surface area contributed by atoms with Crippen molar-refractivity contribution in [3.05, 3.63) is 78.0 Å². The molecule has 6 N–H and O–H groups in total. The van der Waals surface area contributed by atoms with Crippen molar-refractivity contribution in [1.82, 2.24) is 41.2 Å². The summed E-state index contributed by atoms with van der Waals surface area (Å²) in [4.78, 5) is 66.0. The van der Waals surface area contributed by atoms with Gasteiger partial charge in [0.1, 0.15) is 30.5 Å². The average Bonchev–Trinajstić information content (AvgIpc) is 4.09. The Morgan fingerprint density at radius 1 is 0.652 bits per heavy atom. The third-order valence-electron chi connectivity index (χ3n) is 11.6. The van der Waals surface area contributed by atoms with Gasteiger partial charge in [0.2, 0.25) is 11.8 Å². The van der Waals surface area contributed by atoms with Gasteiger partial charge in [-0.05, 0) is 72.2 Å². The molecular formula is C51H66N8O7. The van der Waals surface area contributed by atoms with Crippen molar-refractivity contribution >= 4 is 35.0 Å². The van der Waals surface area contributed by atoms with Crippen LogP contribution in [-0.2, 0) is 36.6 Å². The summed E-state index contributed by atoms with van der Waals surface area (Å²) in [6, 6.07) is 20.7. The Bertz CT molecular complexity index is 2420. The Morgan fingerprint density at radius 2 is 1.12 bits per heavy atom. The van der Waals surface area contributed by atoms with Crippen molar-refractivity contribution in [2.75, 3.05) is 33.9 Å².